The monoisotopic (exact) mass is 333 g/mol. The van der Waals surface area contributed by atoms with Gasteiger partial charge in [0.15, 0.2) is 11.8 Å². The molecule has 1 unspecified atom stereocenters. The highest BCUT2D eigenvalue weighted by Gasteiger charge is 2.11. The van der Waals surface area contributed by atoms with Gasteiger partial charge in [-0.3, -0.25) is 0 Å². The average molecular weight is 333 g/mol. The maximum atomic E-state index is 3.50. The van der Waals surface area contributed by atoms with E-state index in [1.807, 2.05) is 6.08 Å². The van der Waals surface area contributed by atoms with Gasteiger partial charge in [-0.15, -0.1) is 0 Å². The highest BCUT2D eigenvalue weighted by Crippen LogP contribution is 2.16. The predicted octanol–water partition coefficient (Wildman–Crippen LogP) is 4.96. The van der Waals surface area contributed by atoms with Crippen LogP contribution in [0.3, 0.4) is 0 Å². The van der Waals surface area contributed by atoms with E-state index in [4.69, 9.17) is 0 Å². The molecule has 1 atom stereocenters. The average Bonchev–Trinajstić information content (AvgIpc) is 2.62. The Kier molecular flexibility index (Phi) is 7.40. The summed E-state index contributed by atoms with van der Waals surface area (Å²) >= 11 is 0. The van der Waals surface area contributed by atoms with Gasteiger partial charge in [-0.05, 0) is 45.0 Å². The summed E-state index contributed by atoms with van der Waals surface area (Å²) < 4.78 is 0. The number of aryl methyl sites for hydroxylation is 2. The lowest BCUT2D eigenvalue weighted by Crippen LogP contribution is -2.18. The van der Waals surface area contributed by atoms with Crippen LogP contribution < -0.4 is 10.6 Å². The van der Waals surface area contributed by atoms with Crippen molar-refractivity contribution in [1.82, 2.24) is 10.6 Å². The van der Waals surface area contributed by atoms with Crippen molar-refractivity contribution in [3.8, 4) is 0 Å². The van der Waals surface area contributed by atoms with Crippen molar-refractivity contribution in [2.75, 3.05) is 13.1 Å². The number of nitrogens with one attached hydrogen (secondary N) is 2. The summed E-state index contributed by atoms with van der Waals surface area (Å²) in [6.07, 6.45) is 7.50. The molecule has 0 aromatic heterocycles. The number of allylic oxidation sites excluding steroid dienone is 2. The molecule has 0 fully saturated rings. The molecular formula is C23H29N2+. The van der Waals surface area contributed by atoms with Gasteiger partial charge in [0.2, 0.25) is 0 Å². The zero-order chi connectivity index (χ0) is 18.1. The van der Waals surface area contributed by atoms with Gasteiger partial charge in [0.05, 0.1) is 23.8 Å². The minimum absolute atomic E-state index is 0.169. The predicted molar refractivity (Wildman–Crippen MR) is 108 cm³/mol. The van der Waals surface area contributed by atoms with Gasteiger partial charge < -0.3 is 10.6 Å². The lowest BCUT2D eigenvalue weighted by atomic mass is 10.0. The molecule has 2 rings (SSSR count). The lowest BCUT2D eigenvalue weighted by molar-refractivity contribution is 0.647. The Balaban J connectivity index is 2.20. The molecule has 0 saturated carbocycles. The van der Waals surface area contributed by atoms with Crippen molar-refractivity contribution < 1.29 is 0 Å². The second-order valence-corrected chi connectivity index (χ2v) is 6.23. The molecule has 0 amide bonds. The van der Waals surface area contributed by atoms with Crippen LogP contribution in [0.25, 0.3) is 5.70 Å². The van der Waals surface area contributed by atoms with Crippen LogP contribution in [-0.2, 0) is 0 Å². The number of rotatable bonds is 8. The van der Waals surface area contributed by atoms with E-state index in [0.29, 0.717) is 0 Å². The molecule has 0 spiro atoms. The van der Waals surface area contributed by atoms with Crippen LogP contribution in [0.4, 0.5) is 0 Å². The second-order valence-electron chi connectivity index (χ2n) is 6.23. The fraction of sp³-hybridized carbons (Fsp3) is 0.304. The van der Waals surface area contributed by atoms with Gasteiger partial charge in [0.1, 0.15) is 0 Å². The van der Waals surface area contributed by atoms with Gasteiger partial charge in [0.25, 0.3) is 0 Å². The summed E-state index contributed by atoms with van der Waals surface area (Å²) in [5.41, 5.74) is 6.08. The van der Waals surface area contributed by atoms with Gasteiger partial charge in [0, 0.05) is 6.54 Å². The first-order valence-electron chi connectivity index (χ1n) is 9.04. The zero-order valence-corrected chi connectivity index (χ0v) is 15.8. The normalized spacial score (nSPS) is 12.9. The summed E-state index contributed by atoms with van der Waals surface area (Å²) in [7, 11) is 0. The van der Waals surface area contributed by atoms with Gasteiger partial charge in [-0.25, -0.2) is 0 Å². The Bertz CT molecular complexity index is 694. The molecule has 2 nitrogen and oxygen atoms in total. The molecule has 2 aromatic rings. The topological polar surface area (TPSA) is 24.1 Å². The molecule has 0 aliphatic rings. The van der Waals surface area contributed by atoms with Crippen LogP contribution in [0, 0.1) is 19.9 Å². The Morgan fingerprint density at radius 3 is 2.08 bits per heavy atom. The van der Waals surface area contributed by atoms with Gasteiger partial charge in [-0.1, -0.05) is 54.4 Å². The molecule has 2 heteroatoms. The van der Waals surface area contributed by atoms with Crippen molar-refractivity contribution in [1.29, 1.82) is 0 Å². The third kappa shape index (κ3) is 5.86. The molecule has 0 bridgehead atoms. The fourth-order valence-corrected chi connectivity index (χ4v) is 2.65. The standard InChI is InChI=1S/C23H29N2/c1-5-24-22(20-14-10-18(3)11-15-20)8-7-9-23(25-6-2)21-16-12-19(4)13-17-21/h8-17,22,24-25H,5-6H2,1-4H3/q+1/b23-9-. The number of hydrogen-bond acceptors (Lipinski definition) is 2. The van der Waals surface area contributed by atoms with Crippen molar-refractivity contribution in [3.05, 3.63) is 89.0 Å². The van der Waals surface area contributed by atoms with Crippen LogP contribution in [0.2, 0.25) is 0 Å². The maximum Gasteiger partial charge on any atom is 0.185 e. The molecule has 2 aromatic carbocycles. The van der Waals surface area contributed by atoms with Crippen molar-refractivity contribution in [2.45, 2.75) is 33.7 Å². The fourth-order valence-electron chi connectivity index (χ4n) is 2.65. The second kappa shape index (κ2) is 9.78. The molecule has 25 heavy (non-hydrogen) atoms. The first-order chi connectivity index (χ1) is 12.1. The summed E-state index contributed by atoms with van der Waals surface area (Å²) in [5, 5.41) is 6.93. The van der Waals surface area contributed by atoms with E-state index in [2.05, 4.69) is 99.0 Å². The maximum absolute atomic E-state index is 3.50. The molecule has 0 radical (unpaired) electrons. The van der Waals surface area contributed by atoms with Gasteiger partial charge >= 0.3 is 0 Å². The van der Waals surface area contributed by atoms with E-state index in [-0.39, 0.29) is 6.04 Å². The Morgan fingerprint density at radius 1 is 0.920 bits per heavy atom. The van der Waals surface area contributed by atoms with Crippen LogP contribution in [0.1, 0.15) is 42.1 Å². The van der Waals surface area contributed by atoms with E-state index in [1.165, 1.54) is 22.3 Å². The molecule has 0 heterocycles. The third-order valence-electron chi connectivity index (χ3n) is 4.08. The molecule has 2 N–H and O–H groups in total. The van der Waals surface area contributed by atoms with E-state index < -0.39 is 0 Å². The minimum atomic E-state index is 0.169. The summed E-state index contributed by atoms with van der Waals surface area (Å²) in [6, 6.07) is 17.4. The van der Waals surface area contributed by atoms with Crippen LogP contribution in [0.15, 0.2) is 60.7 Å². The first-order valence-corrected chi connectivity index (χ1v) is 9.04. The third-order valence-corrected chi connectivity index (χ3v) is 4.08. The Morgan fingerprint density at radius 2 is 1.52 bits per heavy atom. The van der Waals surface area contributed by atoms with Gasteiger partial charge in [-0.2, -0.15) is 0 Å². The van der Waals surface area contributed by atoms with Crippen molar-refractivity contribution >= 4 is 5.70 Å². The summed E-state index contributed by atoms with van der Waals surface area (Å²) in [5.74, 6) is 0. The van der Waals surface area contributed by atoms with Crippen LogP contribution in [0.5, 0.6) is 0 Å². The molecule has 130 valence electrons. The molecular weight excluding hydrogens is 304 g/mol. The summed E-state index contributed by atoms with van der Waals surface area (Å²) in [4.78, 5) is 0. The minimum Gasteiger partial charge on any atom is -0.310 e. The number of hydrogen-bond donors (Lipinski definition) is 2. The van der Waals surface area contributed by atoms with Crippen LogP contribution >= 0.6 is 0 Å². The number of likely N-dealkylation sites (N-methyl/N-ethyl adjacent to an activating group) is 1. The van der Waals surface area contributed by atoms with Crippen molar-refractivity contribution in [3.63, 3.8) is 0 Å². The van der Waals surface area contributed by atoms with E-state index in [0.717, 1.165) is 18.8 Å². The Labute approximate surface area is 152 Å². The van der Waals surface area contributed by atoms with E-state index in [9.17, 15) is 0 Å². The molecule has 0 aliphatic heterocycles. The zero-order valence-electron chi connectivity index (χ0n) is 15.8. The SMILES string of the molecule is CCN/C(=C\[C+]=CC(NCC)c1ccc(C)cc1)c1ccc(C)cc1. The van der Waals surface area contributed by atoms with E-state index in [1.54, 1.807) is 0 Å². The number of benzene rings is 2. The highest BCUT2D eigenvalue weighted by atomic mass is 14.9. The Hall–Kier alpha value is -2.41. The largest absolute Gasteiger partial charge is 0.310 e. The van der Waals surface area contributed by atoms with Crippen molar-refractivity contribution in [2.24, 2.45) is 0 Å². The van der Waals surface area contributed by atoms with Crippen LogP contribution in [-0.4, -0.2) is 13.1 Å². The molecule has 0 aliphatic carbocycles. The first kappa shape index (κ1) is 18.9. The highest BCUT2D eigenvalue weighted by molar-refractivity contribution is 5.65. The quantitative estimate of drug-likeness (QED) is 0.527. The lowest BCUT2D eigenvalue weighted by Gasteiger charge is -2.11. The smallest absolute Gasteiger partial charge is 0.185 e. The summed E-state index contributed by atoms with van der Waals surface area (Å²) in [6.45, 7) is 10.3. The molecule has 0 saturated heterocycles. The van der Waals surface area contributed by atoms with E-state index >= 15 is 0 Å².